The van der Waals surface area contributed by atoms with Crippen LogP contribution in [-0.4, -0.2) is 66.7 Å². The number of benzene rings is 2. The number of hydrogen-bond acceptors (Lipinski definition) is 6. The molecule has 234 valence electrons. The normalized spacial score (nSPS) is 18.9. The van der Waals surface area contributed by atoms with Gasteiger partial charge >= 0.3 is 0 Å². The fraction of sp³-hybridized carbons (Fsp3) is 0.389. The lowest BCUT2D eigenvalue weighted by Gasteiger charge is -2.40. The average Bonchev–Trinajstić information content (AvgIpc) is 3.38. The van der Waals surface area contributed by atoms with Gasteiger partial charge in [-0.2, -0.15) is 4.98 Å². The fourth-order valence-electron chi connectivity index (χ4n) is 7.16. The first-order valence-corrected chi connectivity index (χ1v) is 16.4. The van der Waals surface area contributed by atoms with Gasteiger partial charge in [0.1, 0.15) is 11.3 Å². The van der Waals surface area contributed by atoms with Crippen LogP contribution in [0, 0.1) is 5.41 Å². The van der Waals surface area contributed by atoms with Crippen molar-refractivity contribution in [1.82, 2.24) is 14.9 Å². The zero-order valence-electron chi connectivity index (χ0n) is 26.1. The molecule has 1 amide bonds. The van der Waals surface area contributed by atoms with E-state index in [1.54, 1.807) is 5.57 Å². The van der Waals surface area contributed by atoms with E-state index in [0.29, 0.717) is 30.0 Å². The van der Waals surface area contributed by atoms with Gasteiger partial charge in [0.25, 0.3) is 5.91 Å². The van der Waals surface area contributed by atoms with Crippen molar-refractivity contribution >= 4 is 51.2 Å². The van der Waals surface area contributed by atoms with Gasteiger partial charge in [0, 0.05) is 61.6 Å². The maximum atomic E-state index is 12.7. The zero-order chi connectivity index (χ0) is 31.1. The molecule has 0 unspecified atom stereocenters. The number of allylic oxidation sites excluding steroid dienone is 1. The van der Waals surface area contributed by atoms with Gasteiger partial charge in [-0.15, -0.1) is 0 Å². The maximum absolute atomic E-state index is 12.7. The van der Waals surface area contributed by atoms with Crippen LogP contribution < -0.4 is 20.3 Å². The Hall–Kier alpha value is -4.01. The summed E-state index contributed by atoms with van der Waals surface area (Å²) in [6.07, 6.45) is 6.10. The second-order valence-corrected chi connectivity index (χ2v) is 13.8. The van der Waals surface area contributed by atoms with Crippen molar-refractivity contribution in [2.24, 2.45) is 11.1 Å². The monoisotopic (exact) mass is 624 g/mol. The molecule has 8 nitrogen and oxygen atoms in total. The number of nitrogens with one attached hydrogen (secondary N) is 1. The van der Waals surface area contributed by atoms with Crippen molar-refractivity contribution < 1.29 is 9.53 Å². The number of ether oxygens (including phenoxy) is 1. The average molecular weight is 625 g/mol. The van der Waals surface area contributed by atoms with E-state index in [1.807, 2.05) is 36.5 Å². The van der Waals surface area contributed by atoms with Crippen LogP contribution in [0.1, 0.15) is 55.5 Å². The molecule has 0 atom stereocenters. The molecule has 2 aliphatic heterocycles. The standard InChI is InChI=1S/C36H41ClN6O2/c1-36(2)12-10-29(24-4-6-27(37)7-5-24)26(22-36)23-41-15-17-42(18-16-41)28-8-9-30(33(38)44)31(21-28)43-14-3-19-45-35-32(43)20-25-11-13-39-34(25)40-35/h4-9,11,13,20-21H,3,10,12,14-19,22-23H2,1-2H3,(H2,38,44)(H,39,40). The van der Waals surface area contributed by atoms with Gasteiger partial charge in [0.15, 0.2) is 0 Å². The maximum Gasteiger partial charge on any atom is 0.250 e. The summed E-state index contributed by atoms with van der Waals surface area (Å²) < 4.78 is 6.04. The highest BCUT2D eigenvalue weighted by Crippen LogP contribution is 2.43. The molecule has 45 heavy (non-hydrogen) atoms. The predicted molar refractivity (Wildman–Crippen MR) is 183 cm³/mol. The third-order valence-electron chi connectivity index (χ3n) is 9.59. The number of fused-ring (bicyclic) bond motifs is 2. The van der Waals surface area contributed by atoms with E-state index in [9.17, 15) is 4.79 Å². The van der Waals surface area contributed by atoms with Gasteiger partial charge in [0.05, 0.1) is 17.9 Å². The number of primary amides is 1. The summed E-state index contributed by atoms with van der Waals surface area (Å²) in [5.41, 5.74) is 14.6. The molecule has 0 saturated carbocycles. The van der Waals surface area contributed by atoms with Crippen LogP contribution in [0.2, 0.25) is 5.02 Å². The number of rotatable bonds is 6. The summed E-state index contributed by atoms with van der Waals surface area (Å²) in [5, 5.41) is 1.77. The molecule has 1 saturated heterocycles. The summed E-state index contributed by atoms with van der Waals surface area (Å²) in [5.74, 6) is 0.124. The van der Waals surface area contributed by atoms with Crippen LogP contribution in [0.5, 0.6) is 5.88 Å². The minimum absolute atomic E-state index is 0.311. The van der Waals surface area contributed by atoms with Crippen molar-refractivity contribution in [2.45, 2.75) is 39.5 Å². The lowest BCUT2D eigenvalue weighted by molar-refractivity contribution is 0.100. The number of anilines is 3. The van der Waals surface area contributed by atoms with Gasteiger partial charge in [-0.05, 0) is 84.7 Å². The first-order valence-electron chi connectivity index (χ1n) is 16.0. The lowest BCUT2D eigenvalue weighted by Crippen LogP contribution is -2.47. The van der Waals surface area contributed by atoms with Gasteiger partial charge in [-0.3, -0.25) is 9.69 Å². The zero-order valence-corrected chi connectivity index (χ0v) is 26.9. The second-order valence-electron chi connectivity index (χ2n) is 13.3. The summed E-state index contributed by atoms with van der Waals surface area (Å²) in [6, 6.07) is 18.5. The fourth-order valence-corrected chi connectivity index (χ4v) is 7.29. The number of aromatic nitrogens is 2. The topological polar surface area (TPSA) is 90.7 Å². The molecule has 0 bridgehead atoms. The van der Waals surface area contributed by atoms with E-state index in [-0.39, 0.29) is 0 Å². The van der Waals surface area contributed by atoms with E-state index in [4.69, 9.17) is 27.1 Å². The Morgan fingerprint density at radius 1 is 1.02 bits per heavy atom. The Labute approximate surface area is 269 Å². The number of pyridine rings is 1. The highest BCUT2D eigenvalue weighted by molar-refractivity contribution is 6.30. The molecule has 2 aromatic heterocycles. The smallest absolute Gasteiger partial charge is 0.250 e. The largest absolute Gasteiger partial charge is 0.476 e. The Morgan fingerprint density at radius 2 is 1.82 bits per heavy atom. The SMILES string of the molecule is CC1(C)CCC(c2ccc(Cl)cc2)=C(CN2CCN(c3ccc(C(N)=O)c(N4CCCOc5nc6[nH]ccc6cc54)c3)CC2)C1. The number of nitrogens with two attached hydrogens (primary N) is 1. The van der Waals surface area contributed by atoms with Crippen molar-refractivity contribution in [3.05, 3.63) is 82.5 Å². The summed E-state index contributed by atoms with van der Waals surface area (Å²) in [4.78, 5) is 27.7. The van der Waals surface area contributed by atoms with Crippen LogP contribution in [0.4, 0.5) is 17.1 Å². The van der Waals surface area contributed by atoms with E-state index < -0.39 is 5.91 Å². The summed E-state index contributed by atoms with van der Waals surface area (Å²) in [6.45, 7) is 10.8. The minimum atomic E-state index is -0.441. The van der Waals surface area contributed by atoms with E-state index in [0.717, 1.165) is 85.1 Å². The van der Waals surface area contributed by atoms with Crippen LogP contribution in [0.25, 0.3) is 16.6 Å². The molecule has 4 aromatic rings. The number of amides is 1. The molecule has 4 heterocycles. The highest BCUT2D eigenvalue weighted by Gasteiger charge is 2.30. The number of carbonyl (C=O) groups is 1. The molecular formula is C36H41ClN6O2. The van der Waals surface area contributed by atoms with Crippen LogP contribution in [0.3, 0.4) is 0 Å². The third-order valence-corrected chi connectivity index (χ3v) is 9.84. The van der Waals surface area contributed by atoms with Gasteiger partial charge in [-0.25, -0.2) is 0 Å². The summed E-state index contributed by atoms with van der Waals surface area (Å²) >= 11 is 6.21. The first-order chi connectivity index (χ1) is 21.7. The van der Waals surface area contributed by atoms with E-state index >= 15 is 0 Å². The van der Waals surface area contributed by atoms with Gasteiger partial charge < -0.3 is 25.3 Å². The molecule has 3 N–H and O–H groups in total. The molecule has 1 fully saturated rings. The van der Waals surface area contributed by atoms with Gasteiger partial charge in [-0.1, -0.05) is 43.2 Å². The van der Waals surface area contributed by atoms with Crippen molar-refractivity contribution in [3.8, 4) is 5.88 Å². The van der Waals surface area contributed by atoms with Crippen LogP contribution in [0.15, 0.2) is 66.4 Å². The molecular weight excluding hydrogens is 584 g/mol. The number of halogens is 1. The number of hydrogen-bond donors (Lipinski definition) is 2. The van der Waals surface area contributed by atoms with Crippen molar-refractivity contribution in [1.29, 1.82) is 0 Å². The second kappa shape index (κ2) is 12.1. The third kappa shape index (κ3) is 6.14. The van der Waals surface area contributed by atoms with Crippen LogP contribution in [-0.2, 0) is 0 Å². The van der Waals surface area contributed by atoms with Crippen molar-refractivity contribution in [3.63, 3.8) is 0 Å². The Kier molecular flexibility index (Phi) is 7.96. The number of piperazine rings is 1. The molecule has 7 rings (SSSR count). The number of H-pyrrole nitrogens is 1. The number of nitrogens with zero attached hydrogens (tertiary/aromatic N) is 4. The summed E-state index contributed by atoms with van der Waals surface area (Å²) in [7, 11) is 0. The highest BCUT2D eigenvalue weighted by atomic mass is 35.5. The Morgan fingerprint density at radius 3 is 2.60 bits per heavy atom. The predicted octanol–water partition coefficient (Wildman–Crippen LogP) is 7.02. The minimum Gasteiger partial charge on any atom is -0.476 e. The Balaban J connectivity index is 1.13. The van der Waals surface area contributed by atoms with E-state index in [1.165, 1.54) is 17.6 Å². The molecule has 0 spiro atoms. The molecule has 9 heteroatoms. The van der Waals surface area contributed by atoms with E-state index in [2.05, 4.69) is 57.8 Å². The molecule has 2 aromatic carbocycles. The van der Waals surface area contributed by atoms with Crippen molar-refractivity contribution in [2.75, 3.05) is 55.7 Å². The number of carbonyl (C=O) groups excluding carboxylic acids is 1. The number of aromatic amines is 1. The first kappa shape index (κ1) is 29.7. The molecule has 3 aliphatic rings. The molecule has 0 radical (unpaired) electrons. The molecule has 1 aliphatic carbocycles. The van der Waals surface area contributed by atoms with Crippen LogP contribution >= 0.6 is 11.6 Å². The lowest BCUT2D eigenvalue weighted by atomic mass is 9.73. The quantitative estimate of drug-likeness (QED) is 0.240. The Bertz CT molecular complexity index is 1750. The van der Waals surface area contributed by atoms with Gasteiger partial charge in [0.2, 0.25) is 5.88 Å².